The smallest absolute Gasteiger partial charge is 0.0462 e. The van der Waals surface area contributed by atoms with Gasteiger partial charge in [0.05, 0.1) is 0 Å². The fraction of sp³-hybridized carbons (Fsp3) is 0.600. The zero-order valence-electron chi connectivity index (χ0n) is 11.0. The molecule has 1 atom stereocenters. The van der Waals surface area contributed by atoms with Crippen LogP contribution in [0.1, 0.15) is 49.8 Å². The summed E-state index contributed by atoms with van der Waals surface area (Å²) in [5.74, 6) is 0.981. The van der Waals surface area contributed by atoms with Crippen molar-refractivity contribution < 1.29 is 5.11 Å². The lowest BCUT2D eigenvalue weighted by Gasteiger charge is -2.15. The monoisotopic (exact) mass is 220 g/mol. The summed E-state index contributed by atoms with van der Waals surface area (Å²) >= 11 is 0. The highest BCUT2D eigenvalue weighted by Crippen LogP contribution is 2.21. The van der Waals surface area contributed by atoms with Gasteiger partial charge in [-0.15, -0.1) is 0 Å². The van der Waals surface area contributed by atoms with Gasteiger partial charge in [-0.1, -0.05) is 45.4 Å². The van der Waals surface area contributed by atoms with Gasteiger partial charge < -0.3 is 5.11 Å². The van der Waals surface area contributed by atoms with Crippen LogP contribution in [-0.4, -0.2) is 11.7 Å². The van der Waals surface area contributed by atoms with E-state index in [-0.39, 0.29) is 0 Å². The summed E-state index contributed by atoms with van der Waals surface area (Å²) in [5, 5.41) is 9.26. The minimum absolute atomic E-state index is 0.293. The largest absolute Gasteiger partial charge is 0.396 e. The maximum absolute atomic E-state index is 9.26. The maximum atomic E-state index is 9.26. The van der Waals surface area contributed by atoms with Crippen molar-refractivity contribution in [3.63, 3.8) is 0 Å². The van der Waals surface area contributed by atoms with Crippen molar-refractivity contribution in [1.82, 2.24) is 0 Å². The first-order valence-corrected chi connectivity index (χ1v) is 6.28. The SMILES string of the molecule is CCC(CO)Cc1cc(C(C)C)ccc1C. The number of aliphatic hydroxyl groups excluding tert-OH is 1. The summed E-state index contributed by atoms with van der Waals surface area (Å²) in [7, 11) is 0. The Labute approximate surface area is 99.5 Å². The third-order valence-corrected chi connectivity index (χ3v) is 3.38. The minimum Gasteiger partial charge on any atom is -0.396 e. The lowest BCUT2D eigenvalue weighted by molar-refractivity contribution is 0.222. The molecule has 16 heavy (non-hydrogen) atoms. The Morgan fingerprint density at radius 2 is 1.94 bits per heavy atom. The second-order valence-electron chi connectivity index (χ2n) is 5.00. The van der Waals surface area contributed by atoms with Crippen LogP contribution in [0.25, 0.3) is 0 Å². The van der Waals surface area contributed by atoms with Crippen LogP contribution in [0.15, 0.2) is 18.2 Å². The third kappa shape index (κ3) is 3.34. The van der Waals surface area contributed by atoms with Crippen molar-refractivity contribution in [3.05, 3.63) is 34.9 Å². The average molecular weight is 220 g/mol. The minimum atomic E-state index is 0.293. The van der Waals surface area contributed by atoms with E-state index in [0.29, 0.717) is 18.4 Å². The number of rotatable bonds is 5. The molecule has 1 N–H and O–H groups in total. The summed E-state index contributed by atoms with van der Waals surface area (Å²) in [4.78, 5) is 0. The first kappa shape index (κ1) is 13.2. The van der Waals surface area contributed by atoms with E-state index in [2.05, 4.69) is 45.9 Å². The molecule has 1 rings (SSSR count). The van der Waals surface area contributed by atoms with Gasteiger partial charge in [0, 0.05) is 6.61 Å². The third-order valence-electron chi connectivity index (χ3n) is 3.38. The first-order chi connectivity index (χ1) is 7.58. The predicted octanol–water partition coefficient (Wildman–Crippen LogP) is 3.68. The molecular weight excluding hydrogens is 196 g/mol. The van der Waals surface area contributed by atoms with Crippen LogP contribution in [0.3, 0.4) is 0 Å². The predicted molar refractivity (Wildman–Crippen MR) is 69.8 cm³/mol. The fourth-order valence-electron chi connectivity index (χ4n) is 1.92. The molecule has 90 valence electrons. The lowest BCUT2D eigenvalue weighted by Crippen LogP contribution is -2.09. The molecule has 0 aliphatic heterocycles. The van der Waals surface area contributed by atoms with Gasteiger partial charge in [0.1, 0.15) is 0 Å². The van der Waals surface area contributed by atoms with Crippen LogP contribution in [0.5, 0.6) is 0 Å². The number of hydrogen-bond donors (Lipinski definition) is 1. The maximum Gasteiger partial charge on any atom is 0.0462 e. The Morgan fingerprint density at radius 3 is 2.44 bits per heavy atom. The van der Waals surface area contributed by atoms with Crippen molar-refractivity contribution in [2.75, 3.05) is 6.61 Å². The van der Waals surface area contributed by atoms with E-state index in [0.717, 1.165) is 12.8 Å². The zero-order chi connectivity index (χ0) is 12.1. The molecule has 0 heterocycles. The summed E-state index contributed by atoms with van der Waals surface area (Å²) < 4.78 is 0. The van der Waals surface area contributed by atoms with E-state index in [1.54, 1.807) is 0 Å². The van der Waals surface area contributed by atoms with Crippen LogP contribution in [0, 0.1) is 12.8 Å². The topological polar surface area (TPSA) is 20.2 Å². The number of hydrogen-bond acceptors (Lipinski definition) is 1. The van der Waals surface area contributed by atoms with Crippen molar-refractivity contribution in [1.29, 1.82) is 0 Å². The molecule has 1 aromatic rings. The van der Waals surface area contributed by atoms with E-state index < -0.39 is 0 Å². The Bertz CT molecular complexity index is 324. The van der Waals surface area contributed by atoms with Gasteiger partial charge in [-0.3, -0.25) is 0 Å². The molecule has 0 spiro atoms. The van der Waals surface area contributed by atoms with E-state index in [4.69, 9.17) is 0 Å². The molecule has 0 fully saturated rings. The molecule has 0 radical (unpaired) electrons. The Kier molecular flexibility index (Phi) is 5.01. The molecule has 0 saturated heterocycles. The van der Waals surface area contributed by atoms with Crippen LogP contribution in [-0.2, 0) is 6.42 Å². The summed E-state index contributed by atoms with van der Waals surface area (Å²) in [5.41, 5.74) is 4.14. The van der Waals surface area contributed by atoms with Gasteiger partial charge in [0.25, 0.3) is 0 Å². The molecule has 0 amide bonds. The van der Waals surface area contributed by atoms with Crippen LogP contribution >= 0.6 is 0 Å². The fourth-order valence-corrected chi connectivity index (χ4v) is 1.92. The molecule has 1 aromatic carbocycles. The molecule has 0 aromatic heterocycles. The van der Waals surface area contributed by atoms with Crippen LogP contribution in [0.4, 0.5) is 0 Å². The molecule has 0 aliphatic rings. The molecule has 1 heteroatoms. The van der Waals surface area contributed by atoms with Crippen molar-refractivity contribution in [2.24, 2.45) is 5.92 Å². The molecule has 1 nitrogen and oxygen atoms in total. The molecule has 1 unspecified atom stereocenters. The van der Waals surface area contributed by atoms with E-state index >= 15 is 0 Å². The Balaban J connectivity index is 2.89. The van der Waals surface area contributed by atoms with Gasteiger partial charge in [-0.05, 0) is 41.9 Å². The molecule has 0 aliphatic carbocycles. The van der Waals surface area contributed by atoms with Gasteiger partial charge in [-0.25, -0.2) is 0 Å². The second-order valence-corrected chi connectivity index (χ2v) is 5.00. The zero-order valence-corrected chi connectivity index (χ0v) is 11.0. The van der Waals surface area contributed by atoms with Crippen LogP contribution < -0.4 is 0 Å². The van der Waals surface area contributed by atoms with E-state index in [1.165, 1.54) is 16.7 Å². The van der Waals surface area contributed by atoms with Crippen molar-refractivity contribution in [3.8, 4) is 0 Å². The summed E-state index contributed by atoms with van der Waals surface area (Å²) in [6.07, 6.45) is 2.04. The lowest BCUT2D eigenvalue weighted by atomic mass is 9.91. The molecular formula is C15H24O. The summed E-state index contributed by atoms with van der Waals surface area (Å²) in [6, 6.07) is 6.72. The van der Waals surface area contributed by atoms with Crippen molar-refractivity contribution >= 4 is 0 Å². The number of benzene rings is 1. The standard InChI is InChI=1S/C15H24O/c1-5-13(10-16)8-15-9-14(11(2)3)7-6-12(15)4/h6-7,9,11,13,16H,5,8,10H2,1-4H3. The summed E-state index contributed by atoms with van der Waals surface area (Å²) in [6.45, 7) is 9.03. The van der Waals surface area contributed by atoms with Gasteiger partial charge in [0.2, 0.25) is 0 Å². The number of aryl methyl sites for hydroxylation is 1. The van der Waals surface area contributed by atoms with E-state index in [1.807, 2.05) is 0 Å². The highest BCUT2D eigenvalue weighted by Gasteiger charge is 2.09. The first-order valence-electron chi connectivity index (χ1n) is 6.28. The van der Waals surface area contributed by atoms with E-state index in [9.17, 15) is 5.11 Å². The Hall–Kier alpha value is -0.820. The van der Waals surface area contributed by atoms with Gasteiger partial charge in [-0.2, -0.15) is 0 Å². The Morgan fingerprint density at radius 1 is 1.25 bits per heavy atom. The highest BCUT2D eigenvalue weighted by atomic mass is 16.3. The van der Waals surface area contributed by atoms with Crippen molar-refractivity contribution in [2.45, 2.75) is 46.5 Å². The van der Waals surface area contributed by atoms with Gasteiger partial charge in [0.15, 0.2) is 0 Å². The number of aliphatic hydroxyl groups is 1. The van der Waals surface area contributed by atoms with Gasteiger partial charge >= 0.3 is 0 Å². The normalized spacial score (nSPS) is 13.1. The highest BCUT2D eigenvalue weighted by molar-refractivity contribution is 5.33. The van der Waals surface area contributed by atoms with Crippen LogP contribution in [0.2, 0.25) is 0 Å². The second kappa shape index (κ2) is 6.05. The molecule has 0 saturated carbocycles. The molecule has 0 bridgehead atoms. The average Bonchev–Trinajstić information content (AvgIpc) is 2.27. The quantitative estimate of drug-likeness (QED) is 0.802.